The van der Waals surface area contributed by atoms with Crippen molar-refractivity contribution >= 4 is 70.9 Å². The fourth-order valence-electron chi connectivity index (χ4n) is 7.17. The van der Waals surface area contributed by atoms with Crippen molar-refractivity contribution in [3.63, 3.8) is 0 Å². The smallest absolute Gasteiger partial charge is 0.0972 e. The monoisotopic (exact) mass is 560 g/mol. The highest BCUT2D eigenvalue weighted by atomic mass is 15.0. The quantitative estimate of drug-likeness (QED) is 0.197. The molecule has 0 atom stereocenters. The largest absolute Gasteiger partial charge is 0.308 e. The molecule has 10 aromatic rings. The van der Waals surface area contributed by atoms with E-state index in [1.165, 1.54) is 49.1 Å². The first kappa shape index (κ1) is 23.6. The summed E-state index contributed by atoms with van der Waals surface area (Å²) in [6.07, 6.45) is 1.84. The zero-order valence-electron chi connectivity index (χ0n) is 23.6. The number of hydrogen-bond acceptors (Lipinski definition) is 2. The van der Waals surface area contributed by atoms with Crippen LogP contribution in [0.1, 0.15) is 0 Å². The van der Waals surface area contributed by atoms with E-state index in [0.29, 0.717) is 0 Å². The number of benzene rings is 5. The molecule has 4 nitrogen and oxygen atoms in total. The molecule has 0 spiro atoms. The van der Waals surface area contributed by atoms with Gasteiger partial charge >= 0.3 is 0 Å². The lowest BCUT2D eigenvalue weighted by Crippen LogP contribution is -1.96. The molecule has 0 radical (unpaired) electrons. The van der Waals surface area contributed by atoms with E-state index < -0.39 is 0 Å². The van der Waals surface area contributed by atoms with Gasteiger partial charge in [-0.1, -0.05) is 84.9 Å². The van der Waals surface area contributed by atoms with E-state index in [2.05, 4.69) is 147 Å². The topological polar surface area (TPSA) is 35.1 Å². The van der Waals surface area contributed by atoms with Gasteiger partial charge < -0.3 is 8.97 Å². The van der Waals surface area contributed by atoms with Gasteiger partial charge in [0, 0.05) is 49.8 Å². The van der Waals surface area contributed by atoms with Crippen LogP contribution in [-0.4, -0.2) is 18.9 Å². The maximum absolute atomic E-state index is 5.14. The molecule has 0 aliphatic carbocycles. The van der Waals surface area contributed by atoms with Gasteiger partial charge in [0.15, 0.2) is 0 Å². The van der Waals surface area contributed by atoms with Crippen molar-refractivity contribution in [1.29, 1.82) is 0 Å². The van der Waals surface area contributed by atoms with Crippen LogP contribution in [0.15, 0.2) is 146 Å². The Balaban J connectivity index is 1.30. The third-order valence-electron chi connectivity index (χ3n) is 9.07. The standard InChI is InChI=1S/C40H24N4/c1-2-10-29(11-3-1)43-34-14-6-4-12-30(34)37-36-24-28-23-27(19-21-33(28)44(36)35-15-7-5-13-31(35)40(37)43)32-20-18-26-17-16-25-9-8-22-41-38(25)39(26)42-32/h1-24H. The first-order chi connectivity index (χ1) is 21.8. The molecule has 5 heterocycles. The van der Waals surface area contributed by atoms with E-state index in [1.807, 2.05) is 12.3 Å². The molecule has 0 saturated carbocycles. The molecule has 0 saturated heterocycles. The Bertz CT molecular complexity index is 2770. The lowest BCUT2D eigenvalue weighted by Gasteiger charge is -2.12. The molecule has 204 valence electrons. The molecule has 0 amide bonds. The Morgan fingerprint density at radius 3 is 2.11 bits per heavy atom. The van der Waals surface area contributed by atoms with E-state index in [1.54, 1.807) is 0 Å². The molecule has 0 bridgehead atoms. The van der Waals surface area contributed by atoms with Gasteiger partial charge in [-0.2, -0.15) is 0 Å². The Kier molecular flexibility index (Phi) is 4.69. The van der Waals surface area contributed by atoms with Crippen LogP contribution in [0.2, 0.25) is 0 Å². The predicted octanol–water partition coefficient (Wildman–Crippen LogP) is 10.1. The molecule has 10 rings (SSSR count). The highest BCUT2D eigenvalue weighted by Gasteiger charge is 2.20. The second-order valence-electron chi connectivity index (χ2n) is 11.5. The number of fused-ring (bicyclic) bond motifs is 13. The minimum absolute atomic E-state index is 0.934. The minimum atomic E-state index is 0.934. The number of hydrogen-bond donors (Lipinski definition) is 0. The summed E-state index contributed by atoms with van der Waals surface area (Å²) in [6.45, 7) is 0. The Labute approximate surface area is 252 Å². The molecule has 0 N–H and O–H groups in total. The third-order valence-corrected chi connectivity index (χ3v) is 9.07. The SMILES string of the molecule is c1ccc(-n2c3ccccc3c3c2c2ccccc2n2c4ccc(-c5ccc6ccc7cccnc7c6n5)cc4cc32)cc1. The first-order valence-corrected chi connectivity index (χ1v) is 14.9. The van der Waals surface area contributed by atoms with Crippen molar-refractivity contribution < 1.29 is 0 Å². The van der Waals surface area contributed by atoms with Crippen LogP contribution >= 0.6 is 0 Å². The summed E-state index contributed by atoms with van der Waals surface area (Å²) < 4.78 is 4.86. The number of nitrogens with zero attached hydrogens (tertiary/aromatic N) is 4. The molecule has 5 aromatic heterocycles. The highest BCUT2D eigenvalue weighted by molar-refractivity contribution is 6.25. The second-order valence-corrected chi connectivity index (χ2v) is 11.5. The van der Waals surface area contributed by atoms with Gasteiger partial charge in [0.2, 0.25) is 0 Å². The highest BCUT2D eigenvalue weighted by Crippen LogP contribution is 2.42. The summed E-state index contributed by atoms with van der Waals surface area (Å²) in [7, 11) is 0. The first-order valence-electron chi connectivity index (χ1n) is 14.9. The maximum Gasteiger partial charge on any atom is 0.0972 e. The minimum Gasteiger partial charge on any atom is -0.308 e. The van der Waals surface area contributed by atoms with Crippen LogP contribution in [-0.2, 0) is 0 Å². The summed E-state index contributed by atoms with van der Waals surface area (Å²) in [4.78, 5) is 9.80. The molecule has 0 aliphatic heterocycles. The van der Waals surface area contributed by atoms with Gasteiger partial charge in [-0.3, -0.25) is 4.98 Å². The third kappa shape index (κ3) is 3.17. The number of pyridine rings is 3. The van der Waals surface area contributed by atoms with Crippen molar-refractivity contribution in [1.82, 2.24) is 18.9 Å². The van der Waals surface area contributed by atoms with E-state index in [9.17, 15) is 0 Å². The van der Waals surface area contributed by atoms with Crippen molar-refractivity contribution in [2.45, 2.75) is 0 Å². The van der Waals surface area contributed by atoms with Crippen LogP contribution in [0.4, 0.5) is 0 Å². The van der Waals surface area contributed by atoms with Gasteiger partial charge in [0.05, 0.1) is 44.3 Å². The molecular formula is C40H24N4. The van der Waals surface area contributed by atoms with Crippen LogP contribution in [0.3, 0.4) is 0 Å². The van der Waals surface area contributed by atoms with Crippen LogP contribution in [0.25, 0.3) is 87.9 Å². The van der Waals surface area contributed by atoms with Crippen molar-refractivity contribution in [2.24, 2.45) is 0 Å². The summed E-state index contributed by atoms with van der Waals surface area (Å²) in [5.41, 5.74) is 11.1. The van der Waals surface area contributed by atoms with Crippen molar-refractivity contribution in [2.75, 3.05) is 0 Å². The Hall–Kier alpha value is -6.00. The zero-order valence-corrected chi connectivity index (χ0v) is 23.6. The summed E-state index contributed by atoms with van der Waals surface area (Å²) in [5.74, 6) is 0. The van der Waals surface area contributed by atoms with Gasteiger partial charge in [0.1, 0.15) is 0 Å². The summed E-state index contributed by atoms with van der Waals surface area (Å²) in [6, 6.07) is 49.9. The second kappa shape index (κ2) is 8.76. The van der Waals surface area contributed by atoms with E-state index in [0.717, 1.165) is 38.8 Å². The van der Waals surface area contributed by atoms with Crippen LogP contribution in [0, 0.1) is 0 Å². The molecule has 5 aromatic carbocycles. The van der Waals surface area contributed by atoms with Crippen molar-refractivity contribution in [3.8, 4) is 16.9 Å². The van der Waals surface area contributed by atoms with Gasteiger partial charge in [-0.25, -0.2) is 4.98 Å². The number of rotatable bonds is 2. The molecule has 0 fully saturated rings. The number of aromatic nitrogens is 4. The van der Waals surface area contributed by atoms with Crippen LogP contribution in [0.5, 0.6) is 0 Å². The maximum atomic E-state index is 5.14. The van der Waals surface area contributed by atoms with E-state index >= 15 is 0 Å². The fraction of sp³-hybridized carbons (Fsp3) is 0. The molecular weight excluding hydrogens is 536 g/mol. The molecule has 4 heteroatoms. The molecule has 0 unspecified atom stereocenters. The molecule has 0 aliphatic rings. The van der Waals surface area contributed by atoms with Crippen LogP contribution < -0.4 is 0 Å². The van der Waals surface area contributed by atoms with Gasteiger partial charge in [-0.05, 0) is 54.6 Å². The van der Waals surface area contributed by atoms with Gasteiger partial charge in [0.25, 0.3) is 0 Å². The Morgan fingerprint density at radius 2 is 1.23 bits per heavy atom. The van der Waals surface area contributed by atoms with E-state index in [-0.39, 0.29) is 0 Å². The average Bonchev–Trinajstić information content (AvgIpc) is 3.65. The summed E-state index contributed by atoms with van der Waals surface area (Å²) in [5, 5.41) is 7.13. The number of para-hydroxylation sites is 3. The van der Waals surface area contributed by atoms with Crippen molar-refractivity contribution in [3.05, 3.63) is 146 Å². The normalized spacial score (nSPS) is 12.1. The fourth-order valence-corrected chi connectivity index (χ4v) is 7.17. The average molecular weight is 561 g/mol. The summed E-state index contributed by atoms with van der Waals surface area (Å²) >= 11 is 0. The molecule has 44 heavy (non-hydrogen) atoms. The Morgan fingerprint density at radius 1 is 0.477 bits per heavy atom. The zero-order chi connectivity index (χ0) is 28.8. The van der Waals surface area contributed by atoms with Gasteiger partial charge in [-0.15, -0.1) is 0 Å². The van der Waals surface area contributed by atoms with E-state index in [4.69, 9.17) is 4.98 Å². The lowest BCUT2D eigenvalue weighted by atomic mass is 10.1. The predicted molar refractivity (Wildman–Crippen MR) is 183 cm³/mol. The lowest BCUT2D eigenvalue weighted by molar-refractivity contribution is 1.18.